The molecule has 0 spiro atoms. The molecular weight excluding hydrogens is 276 g/mol. The lowest BCUT2D eigenvalue weighted by Crippen LogP contribution is -2.36. The average molecular weight is 299 g/mol. The van der Waals surface area contributed by atoms with Crippen LogP contribution in [-0.4, -0.2) is 42.4 Å². The van der Waals surface area contributed by atoms with E-state index in [0.29, 0.717) is 25.8 Å². The van der Waals surface area contributed by atoms with Crippen LogP contribution in [0.4, 0.5) is 8.78 Å². The van der Waals surface area contributed by atoms with Crippen LogP contribution in [0.2, 0.25) is 0 Å². The van der Waals surface area contributed by atoms with E-state index in [0.717, 1.165) is 12.8 Å². The fourth-order valence-corrected chi connectivity index (χ4v) is 2.90. The lowest BCUT2D eigenvalue weighted by atomic mass is 10.1. The van der Waals surface area contributed by atoms with Crippen molar-refractivity contribution in [2.45, 2.75) is 38.3 Å². The quantitative estimate of drug-likeness (QED) is 0.749. The molecule has 1 aliphatic rings. The summed E-state index contributed by atoms with van der Waals surface area (Å²) in [7, 11) is 0. The van der Waals surface area contributed by atoms with E-state index >= 15 is 0 Å². The first-order chi connectivity index (χ1) is 10.2. The normalized spacial score (nSPS) is 16.0. The summed E-state index contributed by atoms with van der Waals surface area (Å²) in [4.78, 5) is 2.10. The van der Waals surface area contributed by atoms with Crippen LogP contribution < -0.4 is 0 Å². The highest BCUT2D eigenvalue weighted by atomic mass is 19.1. The molecule has 1 saturated carbocycles. The van der Waals surface area contributed by atoms with E-state index in [1.54, 1.807) is 0 Å². The van der Waals surface area contributed by atoms with E-state index in [4.69, 9.17) is 9.84 Å². The molecular formula is C16H23F2NO2. The van der Waals surface area contributed by atoms with E-state index < -0.39 is 11.6 Å². The second-order valence-electron chi connectivity index (χ2n) is 5.44. The molecule has 0 unspecified atom stereocenters. The van der Waals surface area contributed by atoms with Crippen LogP contribution in [0, 0.1) is 11.6 Å². The Labute approximate surface area is 124 Å². The minimum atomic E-state index is -0.491. The first-order valence-electron chi connectivity index (χ1n) is 7.58. The maximum absolute atomic E-state index is 13.8. The number of aliphatic hydroxyl groups excluding tert-OH is 1. The molecule has 0 aromatic heterocycles. The van der Waals surface area contributed by atoms with Crippen LogP contribution in [0.3, 0.4) is 0 Å². The molecule has 0 atom stereocenters. The minimum absolute atomic E-state index is 0.00856. The summed E-state index contributed by atoms with van der Waals surface area (Å²) in [5, 5.41) is 8.71. The summed E-state index contributed by atoms with van der Waals surface area (Å²) in [5.41, 5.74) is 0.131. The molecule has 1 fully saturated rings. The first-order valence-corrected chi connectivity index (χ1v) is 7.58. The smallest absolute Gasteiger partial charge is 0.130 e. The third-order valence-electron chi connectivity index (χ3n) is 4.02. The van der Waals surface area contributed by atoms with Crippen molar-refractivity contribution >= 4 is 0 Å². The Balaban J connectivity index is 2.00. The summed E-state index contributed by atoms with van der Waals surface area (Å²) >= 11 is 0. The van der Waals surface area contributed by atoms with Crippen molar-refractivity contribution in [2.75, 3.05) is 26.4 Å². The molecule has 1 aromatic carbocycles. The molecule has 0 saturated heterocycles. The lowest BCUT2D eigenvalue weighted by molar-refractivity contribution is 0.0603. The maximum atomic E-state index is 13.8. The summed E-state index contributed by atoms with van der Waals surface area (Å²) in [6, 6.07) is 4.35. The predicted octanol–water partition coefficient (Wildman–Crippen LogP) is 2.72. The SMILES string of the molecule is OCCOCCN(Cc1c(F)cccc1F)C1CCCC1. The van der Waals surface area contributed by atoms with Gasteiger partial charge < -0.3 is 9.84 Å². The Morgan fingerprint density at radius 2 is 1.81 bits per heavy atom. The third-order valence-corrected chi connectivity index (χ3v) is 4.02. The Morgan fingerprint density at radius 3 is 2.43 bits per heavy atom. The van der Waals surface area contributed by atoms with Crippen LogP contribution in [0.5, 0.6) is 0 Å². The third kappa shape index (κ3) is 4.73. The zero-order chi connectivity index (χ0) is 15.1. The van der Waals surface area contributed by atoms with Gasteiger partial charge >= 0.3 is 0 Å². The highest BCUT2D eigenvalue weighted by Gasteiger charge is 2.24. The molecule has 0 amide bonds. The monoisotopic (exact) mass is 299 g/mol. The largest absolute Gasteiger partial charge is 0.394 e. The van der Waals surface area contributed by atoms with Crippen molar-refractivity contribution in [3.8, 4) is 0 Å². The highest BCUT2D eigenvalue weighted by Crippen LogP contribution is 2.26. The van der Waals surface area contributed by atoms with Gasteiger partial charge in [0.25, 0.3) is 0 Å². The number of rotatable bonds is 8. The van der Waals surface area contributed by atoms with Crippen LogP contribution in [0.15, 0.2) is 18.2 Å². The van der Waals surface area contributed by atoms with Gasteiger partial charge in [0.1, 0.15) is 11.6 Å². The molecule has 1 aromatic rings. The number of nitrogens with zero attached hydrogens (tertiary/aromatic N) is 1. The number of hydrogen-bond acceptors (Lipinski definition) is 3. The topological polar surface area (TPSA) is 32.7 Å². The second kappa shape index (κ2) is 8.41. The summed E-state index contributed by atoms with van der Waals surface area (Å²) in [5.74, 6) is -0.983. The second-order valence-corrected chi connectivity index (χ2v) is 5.44. The molecule has 0 heterocycles. The maximum Gasteiger partial charge on any atom is 0.130 e. The van der Waals surface area contributed by atoms with E-state index in [9.17, 15) is 8.78 Å². The van der Waals surface area contributed by atoms with Gasteiger partial charge in [0, 0.05) is 24.7 Å². The molecule has 118 valence electrons. The molecule has 2 rings (SSSR count). The van der Waals surface area contributed by atoms with Gasteiger partial charge in [-0.3, -0.25) is 4.90 Å². The molecule has 0 bridgehead atoms. The Bertz CT molecular complexity index is 416. The average Bonchev–Trinajstić information content (AvgIpc) is 2.99. The Morgan fingerprint density at radius 1 is 1.14 bits per heavy atom. The van der Waals surface area contributed by atoms with Crippen LogP contribution in [-0.2, 0) is 11.3 Å². The van der Waals surface area contributed by atoms with E-state index in [1.807, 2.05) is 0 Å². The van der Waals surface area contributed by atoms with Crippen LogP contribution in [0.25, 0.3) is 0 Å². The lowest BCUT2D eigenvalue weighted by Gasteiger charge is -2.29. The molecule has 3 nitrogen and oxygen atoms in total. The van der Waals surface area contributed by atoms with Gasteiger partial charge in [-0.2, -0.15) is 0 Å². The van der Waals surface area contributed by atoms with Crippen molar-refractivity contribution in [1.82, 2.24) is 4.90 Å². The van der Waals surface area contributed by atoms with Crippen molar-refractivity contribution in [3.63, 3.8) is 0 Å². The van der Waals surface area contributed by atoms with Gasteiger partial charge in [-0.15, -0.1) is 0 Å². The number of aliphatic hydroxyl groups is 1. The predicted molar refractivity (Wildman–Crippen MR) is 76.9 cm³/mol. The van der Waals surface area contributed by atoms with Crippen molar-refractivity contribution in [1.29, 1.82) is 0 Å². The molecule has 21 heavy (non-hydrogen) atoms. The molecule has 0 aliphatic heterocycles. The van der Waals surface area contributed by atoms with Gasteiger partial charge in [-0.05, 0) is 25.0 Å². The van der Waals surface area contributed by atoms with Gasteiger partial charge in [0.05, 0.1) is 19.8 Å². The van der Waals surface area contributed by atoms with Gasteiger partial charge in [0.2, 0.25) is 0 Å². The molecule has 1 aliphatic carbocycles. The van der Waals surface area contributed by atoms with E-state index in [-0.39, 0.29) is 18.7 Å². The fraction of sp³-hybridized carbons (Fsp3) is 0.625. The summed E-state index contributed by atoms with van der Waals surface area (Å²) in [6.07, 6.45) is 4.46. The summed E-state index contributed by atoms with van der Waals surface area (Å²) in [6.45, 7) is 1.65. The minimum Gasteiger partial charge on any atom is -0.394 e. The van der Waals surface area contributed by atoms with Crippen molar-refractivity contribution < 1.29 is 18.6 Å². The molecule has 5 heteroatoms. The van der Waals surface area contributed by atoms with Gasteiger partial charge in [-0.25, -0.2) is 8.78 Å². The standard InChI is InChI=1S/C16H23F2NO2/c17-15-6-3-7-16(18)14(15)12-19(8-10-21-11-9-20)13-4-1-2-5-13/h3,6-7,13,20H,1-2,4-5,8-12H2. The zero-order valence-corrected chi connectivity index (χ0v) is 12.2. The Hall–Kier alpha value is -1.04. The van der Waals surface area contributed by atoms with E-state index in [1.165, 1.54) is 31.0 Å². The number of halogens is 2. The Kier molecular flexibility index (Phi) is 6.54. The molecule has 0 radical (unpaired) electrons. The molecule has 1 N–H and O–H groups in total. The number of benzene rings is 1. The van der Waals surface area contributed by atoms with Crippen molar-refractivity contribution in [3.05, 3.63) is 35.4 Å². The van der Waals surface area contributed by atoms with Gasteiger partial charge in [-0.1, -0.05) is 18.9 Å². The number of hydrogen-bond donors (Lipinski definition) is 1. The first kappa shape index (κ1) is 16.3. The van der Waals surface area contributed by atoms with Crippen LogP contribution in [0.1, 0.15) is 31.2 Å². The summed E-state index contributed by atoms with van der Waals surface area (Å²) < 4.78 is 32.9. The van der Waals surface area contributed by atoms with E-state index in [2.05, 4.69) is 4.90 Å². The van der Waals surface area contributed by atoms with Gasteiger partial charge in [0.15, 0.2) is 0 Å². The zero-order valence-electron chi connectivity index (χ0n) is 12.2. The fourth-order valence-electron chi connectivity index (χ4n) is 2.90. The number of ether oxygens (including phenoxy) is 1. The van der Waals surface area contributed by atoms with Crippen LogP contribution >= 0.6 is 0 Å². The highest BCUT2D eigenvalue weighted by molar-refractivity contribution is 5.19. The van der Waals surface area contributed by atoms with Crippen molar-refractivity contribution in [2.24, 2.45) is 0 Å².